The molecule has 1 atom stereocenters. The van der Waals surface area contributed by atoms with Gasteiger partial charge in [0.25, 0.3) is 0 Å². The predicted molar refractivity (Wildman–Crippen MR) is 67.4 cm³/mol. The molecule has 0 aliphatic carbocycles. The van der Waals surface area contributed by atoms with Gasteiger partial charge >= 0.3 is 12.1 Å². The number of phenols is 1. The van der Waals surface area contributed by atoms with Crippen LogP contribution in [0.2, 0.25) is 0 Å². The Morgan fingerprint density at radius 2 is 1.90 bits per heavy atom. The summed E-state index contributed by atoms with van der Waals surface area (Å²) in [5, 5.41) is 9.00. The van der Waals surface area contributed by atoms with Crippen LogP contribution in [0.3, 0.4) is 0 Å². The van der Waals surface area contributed by atoms with Crippen LogP contribution in [0.25, 0.3) is 0 Å². The molecule has 1 aromatic rings. The minimum absolute atomic E-state index is 0.0129. The fraction of sp³-hybridized carbons (Fsp3) is 0.500. The van der Waals surface area contributed by atoms with Crippen molar-refractivity contribution >= 4 is 5.97 Å². The average molecular weight is 308 g/mol. The molecule has 1 N–H and O–H groups in total. The first-order valence-electron chi connectivity index (χ1n) is 6.37. The summed E-state index contributed by atoms with van der Waals surface area (Å²) in [5.74, 6) is -2.96. The molecule has 0 bridgehead atoms. The van der Waals surface area contributed by atoms with Crippen molar-refractivity contribution in [1.29, 1.82) is 0 Å². The summed E-state index contributed by atoms with van der Waals surface area (Å²) in [4.78, 5) is 11.6. The molecule has 0 aliphatic heterocycles. The molecule has 21 heavy (non-hydrogen) atoms. The third-order valence-electron chi connectivity index (χ3n) is 2.79. The Morgan fingerprint density at radius 1 is 1.29 bits per heavy atom. The lowest BCUT2D eigenvalue weighted by Crippen LogP contribution is -2.34. The van der Waals surface area contributed by atoms with E-state index >= 15 is 0 Å². The lowest BCUT2D eigenvalue weighted by Gasteiger charge is -2.21. The Kier molecular flexibility index (Phi) is 5.57. The van der Waals surface area contributed by atoms with Gasteiger partial charge < -0.3 is 9.84 Å². The molecule has 1 aromatic carbocycles. The Morgan fingerprint density at radius 3 is 2.38 bits per heavy atom. The van der Waals surface area contributed by atoms with Crippen LogP contribution >= 0.6 is 0 Å². The molecule has 0 spiro atoms. The molecular weight excluding hydrogens is 292 g/mol. The second-order valence-electron chi connectivity index (χ2n) is 5.07. The summed E-state index contributed by atoms with van der Waals surface area (Å²) in [6.45, 7) is 3.49. The number of benzene rings is 1. The van der Waals surface area contributed by atoms with Gasteiger partial charge in [-0.25, -0.2) is 9.18 Å². The van der Waals surface area contributed by atoms with Crippen LogP contribution in [-0.2, 0) is 4.74 Å². The van der Waals surface area contributed by atoms with Crippen LogP contribution in [0.1, 0.15) is 37.0 Å². The maximum atomic E-state index is 13.4. The van der Waals surface area contributed by atoms with Crippen LogP contribution in [0.15, 0.2) is 18.2 Å². The topological polar surface area (TPSA) is 46.5 Å². The molecule has 0 aliphatic rings. The molecule has 7 heteroatoms. The van der Waals surface area contributed by atoms with Crippen molar-refractivity contribution in [3.63, 3.8) is 0 Å². The third kappa shape index (κ3) is 5.24. The summed E-state index contributed by atoms with van der Waals surface area (Å²) in [6, 6.07) is 2.51. The summed E-state index contributed by atoms with van der Waals surface area (Å²) in [6.07, 6.45) is -7.15. The average Bonchev–Trinajstić information content (AvgIpc) is 2.32. The molecular formula is C14H16F4O3. The minimum Gasteiger partial charge on any atom is -0.508 e. The van der Waals surface area contributed by atoms with Gasteiger partial charge in [0.1, 0.15) is 11.6 Å². The lowest BCUT2D eigenvalue weighted by atomic mass is 10.0. The summed E-state index contributed by atoms with van der Waals surface area (Å²) in [7, 11) is 0. The molecule has 0 fully saturated rings. The van der Waals surface area contributed by atoms with Crippen molar-refractivity contribution in [3.8, 4) is 5.75 Å². The molecule has 0 saturated carbocycles. The van der Waals surface area contributed by atoms with E-state index in [1.165, 1.54) is 0 Å². The normalized spacial score (nSPS) is 13.3. The van der Waals surface area contributed by atoms with Gasteiger partial charge in [-0.15, -0.1) is 0 Å². The van der Waals surface area contributed by atoms with Crippen LogP contribution in [0, 0.1) is 11.7 Å². The van der Waals surface area contributed by atoms with E-state index in [1.807, 2.05) is 0 Å². The van der Waals surface area contributed by atoms with Crippen LogP contribution in [-0.4, -0.2) is 23.4 Å². The number of hydrogen-bond donors (Lipinski definition) is 1. The zero-order valence-corrected chi connectivity index (χ0v) is 11.6. The van der Waals surface area contributed by atoms with E-state index in [9.17, 15) is 22.4 Å². The molecule has 0 radical (unpaired) electrons. The molecule has 0 aromatic heterocycles. The van der Waals surface area contributed by atoms with Crippen molar-refractivity contribution in [2.24, 2.45) is 5.92 Å². The van der Waals surface area contributed by atoms with Gasteiger partial charge in [-0.05, 0) is 30.9 Å². The Hall–Kier alpha value is -1.79. The molecule has 0 amide bonds. The first kappa shape index (κ1) is 17.3. The zero-order valence-electron chi connectivity index (χ0n) is 11.6. The molecule has 0 unspecified atom stereocenters. The zero-order chi connectivity index (χ0) is 16.2. The van der Waals surface area contributed by atoms with Crippen molar-refractivity contribution in [1.82, 2.24) is 0 Å². The van der Waals surface area contributed by atoms with Crippen LogP contribution < -0.4 is 0 Å². The second-order valence-corrected chi connectivity index (χ2v) is 5.07. The fourth-order valence-corrected chi connectivity index (χ4v) is 1.64. The molecule has 1 rings (SSSR count). The molecule has 0 saturated heterocycles. The quantitative estimate of drug-likeness (QED) is 0.659. The minimum atomic E-state index is -4.71. The van der Waals surface area contributed by atoms with E-state index in [1.54, 1.807) is 13.8 Å². The number of hydrogen-bond acceptors (Lipinski definition) is 3. The number of carbonyl (C=O) groups excluding carboxylic acids is 1. The monoisotopic (exact) mass is 308 g/mol. The summed E-state index contributed by atoms with van der Waals surface area (Å²) >= 11 is 0. The van der Waals surface area contributed by atoms with E-state index in [0.29, 0.717) is 6.07 Å². The van der Waals surface area contributed by atoms with Gasteiger partial charge in [0.15, 0.2) is 6.10 Å². The molecule has 0 heterocycles. The number of aromatic hydroxyl groups is 1. The number of ether oxygens (including phenoxy) is 1. The molecule has 118 valence electrons. The van der Waals surface area contributed by atoms with Crippen molar-refractivity contribution < 1.29 is 32.2 Å². The van der Waals surface area contributed by atoms with E-state index in [4.69, 9.17) is 5.11 Å². The largest absolute Gasteiger partial charge is 0.508 e. The maximum Gasteiger partial charge on any atom is 0.425 e. The summed E-state index contributed by atoms with van der Waals surface area (Å²) < 4.78 is 56.2. The standard InChI is InChI=1S/C14H16F4O3/c1-8(2)3-6-12(14(16,17)18)21-13(20)10-5-4-9(19)7-11(10)15/h4-5,7-8,12,19H,3,6H2,1-2H3/t12-/m1/s1. The van der Waals surface area contributed by atoms with Crippen molar-refractivity contribution in [2.45, 2.75) is 39.0 Å². The number of carbonyl (C=O) groups is 1. The van der Waals surface area contributed by atoms with Crippen molar-refractivity contribution in [3.05, 3.63) is 29.6 Å². The van der Waals surface area contributed by atoms with Gasteiger partial charge in [0.05, 0.1) is 5.56 Å². The highest BCUT2D eigenvalue weighted by atomic mass is 19.4. The predicted octanol–water partition coefficient (Wildman–Crippen LogP) is 4.06. The highest BCUT2D eigenvalue weighted by Gasteiger charge is 2.42. The molecule has 3 nitrogen and oxygen atoms in total. The first-order valence-corrected chi connectivity index (χ1v) is 6.37. The number of alkyl halides is 3. The Balaban J connectivity index is 2.85. The van der Waals surface area contributed by atoms with E-state index in [0.717, 1.165) is 12.1 Å². The van der Waals surface area contributed by atoms with Crippen LogP contribution in [0.4, 0.5) is 17.6 Å². The fourth-order valence-electron chi connectivity index (χ4n) is 1.64. The maximum absolute atomic E-state index is 13.4. The number of phenolic OH excluding ortho intramolecular Hbond substituents is 1. The Labute approximate surface area is 119 Å². The van der Waals surface area contributed by atoms with Gasteiger partial charge in [-0.1, -0.05) is 13.8 Å². The highest BCUT2D eigenvalue weighted by molar-refractivity contribution is 5.90. The van der Waals surface area contributed by atoms with Crippen molar-refractivity contribution in [2.75, 3.05) is 0 Å². The highest BCUT2D eigenvalue weighted by Crippen LogP contribution is 2.29. The number of rotatable bonds is 5. The van der Waals surface area contributed by atoms with Gasteiger partial charge in [0.2, 0.25) is 0 Å². The van der Waals surface area contributed by atoms with Gasteiger partial charge in [0, 0.05) is 6.07 Å². The summed E-state index contributed by atoms with van der Waals surface area (Å²) in [5.41, 5.74) is -0.647. The Bertz CT molecular complexity index is 497. The van der Waals surface area contributed by atoms with E-state index < -0.39 is 35.4 Å². The van der Waals surface area contributed by atoms with Gasteiger partial charge in [-0.3, -0.25) is 0 Å². The van der Waals surface area contributed by atoms with Crippen LogP contribution in [0.5, 0.6) is 5.75 Å². The van der Waals surface area contributed by atoms with E-state index in [-0.39, 0.29) is 18.8 Å². The number of esters is 1. The first-order chi connectivity index (χ1) is 9.61. The lowest BCUT2D eigenvalue weighted by molar-refractivity contribution is -0.206. The SMILES string of the molecule is CC(C)CC[C@@H](OC(=O)c1ccc(O)cc1F)C(F)(F)F. The van der Waals surface area contributed by atoms with Gasteiger partial charge in [-0.2, -0.15) is 13.2 Å². The smallest absolute Gasteiger partial charge is 0.425 e. The van der Waals surface area contributed by atoms with E-state index in [2.05, 4.69) is 4.74 Å². The second kappa shape index (κ2) is 6.78. The number of halogens is 4. The third-order valence-corrected chi connectivity index (χ3v) is 2.79.